The van der Waals surface area contributed by atoms with E-state index >= 15 is 0 Å². The molecular weight excluding hydrogens is 405 g/mol. The fourth-order valence-electron chi connectivity index (χ4n) is 4.23. The fraction of sp³-hybridized carbons (Fsp3) is 0.154. The summed E-state index contributed by atoms with van der Waals surface area (Å²) in [6.45, 7) is 2.72. The molecule has 0 saturated heterocycles. The minimum atomic E-state index is -0.300. The first-order chi connectivity index (χ1) is 15.5. The Morgan fingerprint density at radius 1 is 1.00 bits per heavy atom. The molecule has 0 aliphatic rings. The Morgan fingerprint density at radius 3 is 2.66 bits per heavy atom. The van der Waals surface area contributed by atoms with Gasteiger partial charge in [-0.2, -0.15) is 0 Å². The van der Waals surface area contributed by atoms with Crippen LogP contribution in [-0.4, -0.2) is 21.2 Å². The minimum Gasteiger partial charge on any atom is -0.496 e. The zero-order valence-electron chi connectivity index (χ0n) is 17.9. The number of fused-ring (bicyclic) bond motifs is 3. The number of para-hydroxylation sites is 1. The van der Waals surface area contributed by atoms with Gasteiger partial charge in [-0.1, -0.05) is 42.0 Å². The molecule has 0 N–H and O–H groups in total. The van der Waals surface area contributed by atoms with Crippen molar-refractivity contribution in [2.45, 2.75) is 20.0 Å². The first kappa shape index (κ1) is 20.0. The van der Waals surface area contributed by atoms with Crippen molar-refractivity contribution >= 4 is 21.9 Å². The minimum absolute atomic E-state index is 0.147. The Balaban J connectivity index is 1.73. The van der Waals surface area contributed by atoms with Crippen molar-refractivity contribution in [3.05, 3.63) is 106 Å². The first-order valence-corrected chi connectivity index (χ1v) is 10.4. The van der Waals surface area contributed by atoms with E-state index < -0.39 is 0 Å². The van der Waals surface area contributed by atoms with Crippen molar-refractivity contribution < 1.29 is 9.13 Å². The molecule has 0 aliphatic carbocycles. The highest BCUT2D eigenvalue weighted by Gasteiger charge is 2.18. The highest BCUT2D eigenvalue weighted by atomic mass is 19.1. The monoisotopic (exact) mass is 427 g/mol. The lowest BCUT2D eigenvalue weighted by Crippen LogP contribution is -2.23. The summed E-state index contributed by atoms with van der Waals surface area (Å²) in [5.74, 6) is 0.418. The SMILES string of the molecule is COc1ccccc1Cn1cnc2c3cc(C)ccc3n(Cc3cccc(F)c3)c2c1=O. The first-order valence-electron chi connectivity index (χ1n) is 10.4. The van der Waals surface area contributed by atoms with Gasteiger partial charge in [0.25, 0.3) is 5.56 Å². The maximum atomic E-state index is 13.8. The molecule has 5 rings (SSSR count). The number of methoxy groups -OCH3 is 1. The van der Waals surface area contributed by atoms with Crippen LogP contribution in [0.4, 0.5) is 4.39 Å². The molecule has 0 spiro atoms. The van der Waals surface area contributed by atoms with E-state index in [1.165, 1.54) is 12.1 Å². The molecule has 160 valence electrons. The number of aromatic nitrogens is 3. The lowest BCUT2D eigenvalue weighted by Gasteiger charge is -2.11. The van der Waals surface area contributed by atoms with Gasteiger partial charge >= 0.3 is 0 Å². The van der Waals surface area contributed by atoms with Crippen LogP contribution in [0.25, 0.3) is 21.9 Å². The van der Waals surface area contributed by atoms with Crippen LogP contribution in [0.3, 0.4) is 0 Å². The highest BCUT2D eigenvalue weighted by Crippen LogP contribution is 2.28. The summed E-state index contributed by atoms with van der Waals surface area (Å²) in [5, 5.41) is 0.915. The van der Waals surface area contributed by atoms with Crippen LogP contribution in [0.2, 0.25) is 0 Å². The van der Waals surface area contributed by atoms with Crippen molar-refractivity contribution in [2.24, 2.45) is 0 Å². The molecule has 0 bridgehead atoms. The van der Waals surface area contributed by atoms with Gasteiger partial charge in [0.15, 0.2) is 0 Å². The lowest BCUT2D eigenvalue weighted by atomic mass is 10.1. The number of hydrogen-bond donors (Lipinski definition) is 0. The van der Waals surface area contributed by atoms with E-state index in [0.29, 0.717) is 24.1 Å². The Labute approximate surface area is 184 Å². The molecule has 32 heavy (non-hydrogen) atoms. The average molecular weight is 427 g/mol. The summed E-state index contributed by atoms with van der Waals surface area (Å²) in [6.07, 6.45) is 1.59. The van der Waals surface area contributed by atoms with Crippen molar-refractivity contribution in [1.29, 1.82) is 0 Å². The van der Waals surface area contributed by atoms with Crippen LogP contribution < -0.4 is 10.3 Å². The molecular formula is C26H22FN3O2. The number of hydrogen-bond acceptors (Lipinski definition) is 3. The molecule has 0 aliphatic heterocycles. The number of aryl methyl sites for hydroxylation is 1. The third-order valence-electron chi connectivity index (χ3n) is 5.74. The van der Waals surface area contributed by atoms with Crippen molar-refractivity contribution in [3.63, 3.8) is 0 Å². The molecule has 5 nitrogen and oxygen atoms in total. The summed E-state index contributed by atoms with van der Waals surface area (Å²) in [5.41, 5.74) is 4.67. The summed E-state index contributed by atoms with van der Waals surface area (Å²) in [7, 11) is 1.61. The maximum Gasteiger partial charge on any atom is 0.278 e. The molecule has 6 heteroatoms. The molecule has 0 fully saturated rings. The normalized spacial score (nSPS) is 11.3. The molecule has 0 unspecified atom stereocenters. The zero-order valence-corrected chi connectivity index (χ0v) is 17.9. The van der Waals surface area contributed by atoms with Crippen molar-refractivity contribution in [1.82, 2.24) is 14.1 Å². The van der Waals surface area contributed by atoms with E-state index in [1.807, 2.05) is 60.0 Å². The molecule has 2 heterocycles. The summed E-state index contributed by atoms with van der Waals surface area (Å²) in [6, 6.07) is 20.1. The third-order valence-corrected chi connectivity index (χ3v) is 5.74. The number of rotatable bonds is 5. The smallest absolute Gasteiger partial charge is 0.278 e. The molecule has 0 amide bonds. The largest absolute Gasteiger partial charge is 0.496 e. The van der Waals surface area contributed by atoms with Gasteiger partial charge in [0.05, 0.1) is 25.5 Å². The van der Waals surface area contributed by atoms with Crippen LogP contribution in [0.1, 0.15) is 16.7 Å². The van der Waals surface area contributed by atoms with Gasteiger partial charge in [-0.3, -0.25) is 9.36 Å². The molecule has 0 saturated carbocycles. The van der Waals surface area contributed by atoms with Crippen LogP contribution >= 0.6 is 0 Å². The van der Waals surface area contributed by atoms with E-state index in [2.05, 4.69) is 4.98 Å². The molecule has 3 aromatic carbocycles. The molecule has 0 radical (unpaired) electrons. The number of benzene rings is 3. The van der Waals surface area contributed by atoms with Gasteiger partial charge in [0, 0.05) is 17.5 Å². The van der Waals surface area contributed by atoms with E-state index in [1.54, 1.807) is 24.1 Å². The number of ether oxygens (including phenoxy) is 1. The second-order valence-corrected chi connectivity index (χ2v) is 7.92. The number of nitrogens with zero attached hydrogens (tertiary/aromatic N) is 3. The second-order valence-electron chi connectivity index (χ2n) is 7.92. The van der Waals surface area contributed by atoms with Crippen molar-refractivity contribution in [3.8, 4) is 5.75 Å². The van der Waals surface area contributed by atoms with Crippen molar-refractivity contribution in [2.75, 3.05) is 7.11 Å². The van der Waals surface area contributed by atoms with E-state index in [0.717, 1.165) is 33.3 Å². The molecule has 2 aromatic heterocycles. The Morgan fingerprint density at radius 2 is 1.84 bits per heavy atom. The Hall–Kier alpha value is -3.93. The quantitative estimate of drug-likeness (QED) is 0.401. The van der Waals surface area contributed by atoms with Gasteiger partial charge in [0.2, 0.25) is 0 Å². The molecule has 0 atom stereocenters. The standard InChI is InChI=1S/C26H22FN3O2/c1-17-10-11-22-21(12-17)24-25(30(22)14-18-6-5-8-20(27)13-18)26(31)29(16-28-24)15-19-7-3-4-9-23(19)32-2/h3-13,16H,14-15H2,1-2H3. The second kappa shape index (κ2) is 7.96. The van der Waals surface area contributed by atoms with Crippen LogP contribution in [-0.2, 0) is 13.1 Å². The van der Waals surface area contributed by atoms with Gasteiger partial charge in [-0.25, -0.2) is 9.37 Å². The summed E-state index contributed by atoms with van der Waals surface area (Å²) in [4.78, 5) is 18.3. The Bertz CT molecular complexity index is 1520. The predicted octanol–water partition coefficient (Wildman–Crippen LogP) is 4.90. The van der Waals surface area contributed by atoms with Gasteiger partial charge in [0.1, 0.15) is 22.6 Å². The molecule has 5 aromatic rings. The average Bonchev–Trinajstić information content (AvgIpc) is 3.09. The highest BCUT2D eigenvalue weighted by molar-refractivity contribution is 6.05. The zero-order chi connectivity index (χ0) is 22.2. The predicted molar refractivity (Wildman–Crippen MR) is 124 cm³/mol. The van der Waals surface area contributed by atoms with Crippen LogP contribution in [0.15, 0.2) is 77.9 Å². The van der Waals surface area contributed by atoms with Gasteiger partial charge in [-0.05, 0) is 42.8 Å². The van der Waals surface area contributed by atoms with E-state index in [9.17, 15) is 9.18 Å². The fourth-order valence-corrected chi connectivity index (χ4v) is 4.23. The summed E-state index contributed by atoms with van der Waals surface area (Å²) >= 11 is 0. The van der Waals surface area contributed by atoms with Crippen LogP contribution in [0.5, 0.6) is 5.75 Å². The van der Waals surface area contributed by atoms with Gasteiger partial charge < -0.3 is 9.30 Å². The van der Waals surface area contributed by atoms with Gasteiger partial charge in [-0.15, -0.1) is 0 Å². The summed E-state index contributed by atoms with van der Waals surface area (Å²) < 4.78 is 22.8. The third kappa shape index (κ3) is 3.43. The van der Waals surface area contributed by atoms with Crippen LogP contribution in [0, 0.1) is 12.7 Å². The lowest BCUT2D eigenvalue weighted by molar-refractivity contribution is 0.408. The topological polar surface area (TPSA) is 49.0 Å². The maximum absolute atomic E-state index is 13.8. The Kier molecular flexibility index (Phi) is 4.98. The van der Waals surface area contributed by atoms with E-state index in [4.69, 9.17) is 4.74 Å². The van der Waals surface area contributed by atoms with E-state index in [-0.39, 0.29) is 11.4 Å². The number of halogens is 1.